The summed E-state index contributed by atoms with van der Waals surface area (Å²) in [6.45, 7) is 16.2. The molecule has 1 unspecified atom stereocenters. The molecule has 2 bridgehead atoms. The third-order valence-corrected chi connectivity index (χ3v) is 12.0. The van der Waals surface area contributed by atoms with Crippen LogP contribution in [-0.4, -0.2) is 157 Å². The molecule has 0 aliphatic carbocycles. The lowest BCUT2D eigenvalue weighted by atomic mass is 9.76. The van der Waals surface area contributed by atoms with Gasteiger partial charge in [-0.25, -0.2) is 0 Å². The van der Waals surface area contributed by atoms with Crippen molar-refractivity contribution < 1.29 is 53.3 Å². The van der Waals surface area contributed by atoms with Gasteiger partial charge in [0.25, 0.3) is 0 Å². The molecule has 4 rings (SSSR count). The Hall–Kier alpha value is -1.23. The normalized spacial score (nSPS) is 49.7. The van der Waals surface area contributed by atoms with Crippen molar-refractivity contribution in [3.05, 3.63) is 12.2 Å². The third kappa shape index (κ3) is 8.93. The molecule has 4 aliphatic rings. The highest BCUT2D eigenvalue weighted by molar-refractivity contribution is 5.73. The molecule has 0 aromatic heterocycles. The van der Waals surface area contributed by atoms with Gasteiger partial charge in [0.1, 0.15) is 18.3 Å². The molecule has 0 radical (unpaired) electrons. The topological polar surface area (TPSA) is 149 Å². The summed E-state index contributed by atoms with van der Waals surface area (Å²) in [6.07, 6.45) is -2.33. The molecule has 0 aromatic carbocycles. The largest absolute Gasteiger partial charge is 0.456 e. The monoisotopic (exact) mass is 714 g/mol. The number of carbonyl (C=O) groups excluding carboxylic acids is 1. The van der Waals surface area contributed by atoms with E-state index in [-0.39, 0.29) is 30.5 Å². The van der Waals surface area contributed by atoms with Gasteiger partial charge in [0.15, 0.2) is 12.6 Å². The first-order chi connectivity index (χ1) is 23.3. The molecule has 4 heterocycles. The Morgan fingerprint density at radius 1 is 0.920 bits per heavy atom. The third-order valence-electron chi connectivity index (χ3n) is 12.0. The van der Waals surface area contributed by atoms with Crippen molar-refractivity contribution in [2.75, 3.05) is 41.4 Å². The fourth-order valence-corrected chi connectivity index (χ4v) is 8.54. The van der Waals surface area contributed by atoms with Gasteiger partial charge in [0.05, 0.1) is 47.6 Å². The molecule has 3 saturated heterocycles. The SMILES string of the molecule is CO[C@]1(C)C[C@H](O[C@H]2[C@H](C)[C@@H](O[C@@H]3O[C@H](C)C[C@H](N(C)C)[C@H]3O)[C@@](C)(OC)C[C@@H](C)[C@H](O)[C@H](C)N3CC=C[C@@H](C3)OC(=O)[C@@H]2C)O[C@@H](C)[C@@H]1O. The number of aliphatic hydroxyl groups excluding tert-OH is 3. The molecule has 3 N–H and O–H groups in total. The lowest BCUT2D eigenvalue weighted by molar-refractivity contribution is -0.319. The van der Waals surface area contributed by atoms with Crippen LogP contribution in [0.1, 0.15) is 74.7 Å². The zero-order valence-corrected chi connectivity index (χ0v) is 32.4. The van der Waals surface area contributed by atoms with E-state index < -0.39 is 84.3 Å². The highest BCUT2D eigenvalue weighted by Crippen LogP contribution is 2.41. The molecule has 0 saturated carbocycles. The number of rotatable bonds is 7. The van der Waals surface area contributed by atoms with Crippen LogP contribution in [0, 0.1) is 17.8 Å². The van der Waals surface area contributed by atoms with Crippen LogP contribution < -0.4 is 0 Å². The molecule has 0 amide bonds. The van der Waals surface area contributed by atoms with Crippen molar-refractivity contribution in [1.29, 1.82) is 0 Å². The van der Waals surface area contributed by atoms with E-state index in [1.807, 2.05) is 72.7 Å². The van der Waals surface area contributed by atoms with Crippen molar-refractivity contribution in [3.63, 3.8) is 0 Å². The summed E-state index contributed by atoms with van der Waals surface area (Å²) in [5.74, 6) is -2.06. The summed E-state index contributed by atoms with van der Waals surface area (Å²) in [5, 5.41) is 34.2. The molecule has 4 aliphatic heterocycles. The van der Waals surface area contributed by atoms with E-state index in [1.165, 1.54) is 0 Å². The van der Waals surface area contributed by atoms with Crippen LogP contribution in [0.4, 0.5) is 0 Å². The van der Waals surface area contributed by atoms with E-state index in [9.17, 15) is 20.1 Å². The van der Waals surface area contributed by atoms with Gasteiger partial charge in [-0.05, 0) is 80.5 Å². The number of esters is 1. The van der Waals surface area contributed by atoms with Crippen molar-refractivity contribution in [1.82, 2.24) is 9.80 Å². The van der Waals surface area contributed by atoms with Gasteiger partial charge in [0, 0.05) is 51.7 Å². The number of fused-ring (bicyclic) bond motifs is 2. The van der Waals surface area contributed by atoms with Gasteiger partial charge in [0.2, 0.25) is 0 Å². The average molecular weight is 715 g/mol. The number of aliphatic hydroxyl groups is 3. The first kappa shape index (κ1) is 41.5. The molecule has 50 heavy (non-hydrogen) atoms. The summed E-state index contributed by atoms with van der Waals surface area (Å²) in [6, 6.07) is -0.447. The van der Waals surface area contributed by atoms with E-state index >= 15 is 0 Å². The molecule has 13 nitrogen and oxygen atoms in total. The quantitative estimate of drug-likeness (QED) is 0.262. The van der Waals surface area contributed by atoms with E-state index in [0.717, 1.165) is 0 Å². The van der Waals surface area contributed by atoms with Crippen LogP contribution in [0.25, 0.3) is 0 Å². The maximum Gasteiger partial charge on any atom is 0.311 e. The summed E-state index contributed by atoms with van der Waals surface area (Å²) < 4.78 is 44.4. The van der Waals surface area contributed by atoms with Crippen LogP contribution in [0.2, 0.25) is 0 Å². The fourth-order valence-electron chi connectivity index (χ4n) is 8.54. The van der Waals surface area contributed by atoms with Crippen LogP contribution in [0.15, 0.2) is 12.2 Å². The Bertz CT molecular complexity index is 1140. The van der Waals surface area contributed by atoms with Crippen LogP contribution in [-0.2, 0) is 38.0 Å². The Morgan fingerprint density at radius 2 is 1.58 bits per heavy atom. The van der Waals surface area contributed by atoms with E-state index in [2.05, 4.69) is 4.90 Å². The fraction of sp³-hybridized carbons (Fsp3) is 0.919. The number of ether oxygens (including phenoxy) is 7. The van der Waals surface area contributed by atoms with Gasteiger partial charge >= 0.3 is 5.97 Å². The lowest BCUT2D eigenvalue weighted by Crippen LogP contribution is -2.61. The highest BCUT2D eigenvalue weighted by Gasteiger charge is 2.52. The first-order valence-electron chi connectivity index (χ1n) is 18.4. The minimum Gasteiger partial charge on any atom is -0.456 e. The van der Waals surface area contributed by atoms with Crippen molar-refractivity contribution >= 4 is 5.97 Å². The maximum atomic E-state index is 14.1. The molecule has 3 fully saturated rings. The van der Waals surface area contributed by atoms with Gasteiger partial charge in [-0.2, -0.15) is 0 Å². The van der Waals surface area contributed by atoms with Crippen molar-refractivity contribution in [2.24, 2.45) is 17.8 Å². The predicted octanol–water partition coefficient (Wildman–Crippen LogP) is 2.33. The van der Waals surface area contributed by atoms with E-state index in [1.54, 1.807) is 28.1 Å². The smallest absolute Gasteiger partial charge is 0.311 e. The van der Waals surface area contributed by atoms with E-state index in [0.29, 0.717) is 25.9 Å². The van der Waals surface area contributed by atoms with Gasteiger partial charge < -0.3 is 53.4 Å². The molecule has 290 valence electrons. The van der Waals surface area contributed by atoms with Crippen molar-refractivity contribution in [2.45, 2.75) is 159 Å². The van der Waals surface area contributed by atoms with Gasteiger partial charge in [-0.3, -0.25) is 9.69 Å². The number of carbonyl (C=O) groups is 1. The number of hydrogen-bond donors (Lipinski definition) is 3. The average Bonchev–Trinajstić information content (AvgIpc) is 3.07. The molecule has 0 aromatic rings. The zero-order valence-electron chi connectivity index (χ0n) is 32.4. The molecule has 13 heteroatoms. The van der Waals surface area contributed by atoms with Crippen LogP contribution in [0.5, 0.6) is 0 Å². The maximum absolute atomic E-state index is 14.1. The van der Waals surface area contributed by atoms with Crippen molar-refractivity contribution in [3.8, 4) is 0 Å². The Labute approximate surface area is 299 Å². The second kappa shape index (κ2) is 16.8. The molecule has 18 atom stereocenters. The van der Waals surface area contributed by atoms with Crippen LogP contribution in [0.3, 0.4) is 0 Å². The van der Waals surface area contributed by atoms with Crippen LogP contribution >= 0.6 is 0 Å². The second-order valence-corrected chi connectivity index (χ2v) is 16.1. The number of likely N-dealkylation sites (N-methyl/N-ethyl adjacent to an activating group) is 1. The number of hydrogen-bond acceptors (Lipinski definition) is 13. The Kier molecular flexibility index (Phi) is 14.0. The van der Waals surface area contributed by atoms with E-state index in [4.69, 9.17) is 33.2 Å². The summed E-state index contributed by atoms with van der Waals surface area (Å²) in [5.41, 5.74) is -2.00. The minimum atomic E-state index is -1.05. The minimum absolute atomic E-state index is 0.197. The number of methoxy groups -OCH3 is 2. The number of nitrogens with zero attached hydrogens (tertiary/aromatic N) is 2. The summed E-state index contributed by atoms with van der Waals surface area (Å²) in [7, 11) is 7.00. The Morgan fingerprint density at radius 3 is 2.20 bits per heavy atom. The van der Waals surface area contributed by atoms with Gasteiger partial charge in [-0.15, -0.1) is 0 Å². The lowest BCUT2D eigenvalue weighted by Gasteiger charge is -2.50. The Balaban J connectivity index is 1.80. The zero-order chi connectivity index (χ0) is 37.3. The summed E-state index contributed by atoms with van der Waals surface area (Å²) >= 11 is 0. The highest BCUT2D eigenvalue weighted by atomic mass is 16.7. The standard InChI is InChI=1S/C37H66N2O11/c1-20-17-37(8,45-12)33(50-35-30(41)27(38(9)10)16-21(2)46-35)22(3)31(49-28-18-36(7,44-11)32(42)25(6)47-28)23(4)34(43)48-26-14-13-15-39(19-26)24(5)29(20)40/h13-14,20-33,35,40-42H,15-19H2,1-12H3/t20-,21-,22+,23-,24+,25+,26+,27+,28+,29+,30-,31+,32+,33-,35+,36-,37+/m1/s1. The first-order valence-corrected chi connectivity index (χ1v) is 18.4. The summed E-state index contributed by atoms with van der Waals surface area (Å²) in [4.78, 5) is 18.2. The molecular weight excluding hydrogens is 648 g/mol. The molecular formula is C37H66N2O11. The predicted molar refractivity (Wildman–Crippen MR) is 186 cm³/mol. The second-order valence-electron chi connectivity index (χ2n) is 16.1. The van der Waals surface area contributed by atoms with Gasteiger partial charge in [-0.1, -0.05) is 19.9 Å². The molecule has 0 spiro atoms.